The second-order valence-corrected chi connectivity index (χ2v) is 10.0. The highest BCUT2D eigenvalue weighted by Crippen LogP contribution is 2.36. The lowest BCUT2D eigenvalue weighted by atomic mass is 10.0. The van der Waals surface area contributed by atoms with Gasteiger partial charge in [-0.2, -0.15) is 5.10 Å². The number of hydrogen-bond donors (Lipinski definition) is 1. The first kappa shape index (κ1) is 26.8. The van der Waals surface area contributed by atoms with Gasteiger partial charge in [-0.1, -0.05) is 43.7 Å². The van der Waals surface area contributed by atoms with Crippen molar-refractivity contribution in [1.82, 2.24) is 10.3 Å². The fraction of sp³-hybridized carbons (Fsp3) is 0.423. The smallest absolute Gasteiger partial charge is 0.493 e. The van der Waals surface area contributed by atoms with Gasteiger partial charge in [0.1, 0.15) is 0 Å². The van der Waals surface area contributed by atoms with E-state index >= 15 is 0 Å². The average molecular weight is 536 g/mol. The number of benzene rings is 2. The molecule has 1 unspecified atom stereocenters. The minimum Gasteiger partial charge on any atom is -0.493 e. The fourth-order valence-corrected chi connectivity index (χ4v) is 5.34. The molecular weight excluding hydrogens is 507 g/mol. The van der Waals surface area contributed by atoms with Crippen LogP contribution >= 0.6 is 11.8 Å². The second kappa shape index (κ2) is 11.5. The molecule has 4 rings (SSSR count). The summed E-state index contributed by atoms with van der Waals surface area (Å²) in [5.41, 5.74) is 2.42. The van der Waals surface area contributed by atoms with Crippen LogP contribution in [0.5, 0.6) is 11.5 Å². The topological polar surface area (TPSA) is 80.2 Å². The van der Waals surface area contributed by atoms with E-state index in [4.69, 9.17) is 4.74 Å². The first-order valence-corrected chi connectivity index (χ1v) is 13.0. The summed E-state index contributed by atoms with van der Waals surface area (Å²) >= 11 is 1.11. The number of hydrogen-bond acceptors (Lipinski definition) is 6. The Morgan fingerprint density at radius 2 is 1.84 bits per heavy atom. The van der Waals surface area contributed by atoms with Gasteiger partial charge in [-0.05, 0) is 55.2 Å². The summed E-state index contributed by atoms with van der Waals surface area (Å²) < 4.78 is 47.3. The van der Waals surface area contributed by atoms with E-state index in [0.717, 1.165) is 43.0 Å². The highest BCUT2D eigenvalue weighted by atomic mass is 32.2. The van der Waals surface area contributed by atoms with E-state index in [1.54, 1.807) is 24.3 Å². The lowest BCUT2D eigenvalue weighted by molar-refractivity contribution is -0.275. The van der Waals surface area contributed by atoms with Crippen LogP contribution in [-0.2, 0) is 6.54 Å². The minimum absolute atomic E-state index is 0.0905. The summed E-state index contributed by atoms with van der Waals surface area (Å²) in [6, 6.07) is 11.3. The van der Waals surface area contributed by atoms with E-state index in [0.29, 0.717) is 23.3 Å². The number of amides is 2. The number of nitrogens with one attached hydrogen (secondary N) is 1. The van der Waals surface area contributed by atoms with Crippen molar-refractivity contribution in [2.24, 2.45) is 5.10 Å². The SMILES string of the molecule is CCC1SC(=O)N(Cc2ccc(C(=O)NC3CCCC3)cc2)N=C1c1ccc(OC(F)(F)F)c(OC)c1. The van der Waals surface area contributed by atoms with E-state index < -0.39 is 12.1 Å². The molecule has 0 aromatic heterocycles. The summed E-state index contributed by atoms with van der Waals surface area (Å²) in [6.45, 7) is 2.09. The molecule has 1 N–H and O–H groups in total. The van der Waals surface area contributed by atoms with Crippen LogP contribution in [0.1, 0.15) is 60.5 Å². The summed E-state index contributed by atoms with van der Waals surface area (Å²) in [5, 5.41) is 8.44. The summed E-state index contributed by atoms with van der Waals surface area (Å²) in [5.74, 6) is -0.658. The third-order valence-corrected chi connectivity index (χ3v) is 7.54. The van der Waals surface area contributed by atoms with Gasteiger partial charge >= 0.3 is 11.6 Å². The lowest BCUT2D eigenvalue weighted by Crippen LogP contribution is -2.35. The molecule has 0 radical (unpaired) electrons. The molecule has 1 saturated carbocycles. The molecule has 37 heavy (non-hydrogen) atoms. The Labute approximate surface area is 217 Å². The van der Waals surface area contributed by atoms with Gasteiger partial charge in [0, 0.05) is 17.2 Å². The first-order chi connectivity index (χ1) is 17.7. The number of halogens is 3. The van der Waals surface area contributed by atoms with Crippen LogP contribution in [0.3, 0.4) is 0 Å². The standard InChI is InChI=1S/C26H28F3N3O4S/c1-3-22-23(18-12-13-20(21(14-18)35-2)36-26(27,28)29)31-32(25(34)37-22)15-16-8-10-17(11-9-16)24(33)30-19-6-4-5-7-19/h8-14,19,22H,3-7,15H2,1-2H3,(H,30,33). The zero-order valence-electron chi connectivity index (χ0n) is 20.5. The van der Waals surface area contributed by atoms with Crippen LogP contribution < -0.4 is 14.8 Å². The molecule has 1 heterocycles. The molecule has 2 aromatic rings. The Hall–Kier alpha value is -3.21. The number of methoxy groups -OCH3 is 1. The number of rotatable bonds is 8. The van der Waals surface area contributed by atoms with E-state index in [2.05, 4.69) is 15.2 Å². The van der Waals surface area contributed by atoms with Gasteiger partial charge < -0.3 is 14.8 Å². The Morgan fingerprint density at radius 3 is 2.46 bits per heavy atom. The number of carbonyl (C=O) groups is 2. The summed E-state index contributed by atoms with van der Waals surface area (Å²) in [4.78, 5) is 25.3. The van der Waals surface area contributed by atoms with E-state index in [9.17, 15) is 22.8 Å². The van der Waals surface area contributed by atoms with Crippen molar-refractivity contribution in [2.45, 2.75) is 63.2 Å². The lowest BCUT2D eigenvalue weighted by Gasteiger charge is -2.28. The number of ether oxygens (including phenoxy) is 2. The predicted octanol–water partition coefficient (Wildman–Crippen LogP) is 6.12. The Bertz CT molecular complexity index is 1160. The fourth-order valence-electron chi connectivity index (χ4n) is 4.40. The molecular formula is C26H28F3N3O4S. The molecule has 11 heteroatoms. The van der Waals surface area contributed by atoms with Crippen LogP contribution in [0.2, 0.25) is 0 Å². The third-order valence-electron chi connectivity index (χ3n) is 6.28. The number of carbonyl (C=O) groups excluding carboxylic acids is 2. The molecule has 0 saturated heterocycles. The van der Waals surface area contributed by atoms with Crippen LogP contribution in [-0.4, -0.2) is 46.6 Å². The highest BCUT2D eigenvalue weighted by molar-refractivity contribution is 8.14. The molecule has 2 aliphatic rings. The van der Waals surface area contributed by atoms with Crippen molar-refractivity contribution in [3.8, 4) is 11.5 Å². The van der Waals surface area contributed by atoms with E-state index in [-0.39, 0.29) is 34.7 Å². The molecule has 1 atom stereocenters. The van der Waals surface area contributed by atoms with Crippen LogP contribution in [0, 0.1) is 0 Å². The molecule has 1 fully saturated rings. The molecule has 2 aromatic carbocycles. The maximum Gasteiger partial charge on any atom is 0.573 e. The molecule has 198 valence electrons. The van der Waals surface area contributed by atoms with Gasteiger partial charge in [0.25, 0.3) is 5.91 Å². The van der Waals surface area contributed by atoms with Crippen molar-refractivity contribution in [2.75, 3.05) is 7.11 Å². The molecule has 1 aliphatic carbocycles. The Morgan fingerprint density at radius 1 is 1.14 bits per heavy atom. The first-order valence-electron chi connectivity index (χ1n) is 12.1. The van der Waals surface area contributed by atoms with Crippen molar-refractivity contribution < 1.29 is 32.2 Å². The maximum absolute atomic E-state index is 12.8. The van der Waals surface area contributed by atoms with Crippen molar-refractivity contribution in [3.63, 3.8) is 0 Å². The third kappa shape index (κ3) is 6.76. The van der Waals surface area contributed by atoms with Crippen molar-refractivity contribution in [1.29, 1.82) is 0 Å². The van der Waals surface area contributed by atoms with E-state index in [1.165, 1.54) is 30.3 Å². The quantitative estimate of drug-likeness (QED) is 0.441. The monoisotopic (exact) mass is 535 g/mol. The molecule has 2 amide bonds. The predicted molar refractivity (Wildman–Crippen MR) is 135 cm³/mol. The number of nitrogens with zero attached hydrogens (tertiary/aromatic N) is 2. The van der Waals surface area contributed by atoms with Crippen LogP contribution in [0.15, 0.2) is 47.6 Å². The minimum atomic E-state index is -4.85. The van der Waals surface area contributed by atoms with Crippen LogP contribution in [0.25, 0.3) is 0 Å². The normalized spacial score (nSPS) is 18.5. The van der Waals surface area contributed by atoms with Crippen molar-refractivity contribution in [3.05, 3.63) is 59.2 Å². The summed E-state index contributed by atoms with van der Waals surface area (Å²) in [7, 11) is 1.25. The zero-order valence-corrected chi connectivity index (χ0v) is 21.3. The average Bonchev–Trinajstić information content (AvgIpc) is 3.38. The highest BCUT2D eigenvalue weighted by Gasteiger charge is 2.34. The Balaban J connectivity index is 1.52. The van der Waals surface area contributed by atoms with Gasteiger partial charge in [-0.25, -0.2) is 5.01 Å². The number of alkyl halides is 3. The van der Waals surface area contributed by atoms with Crippen molar-refractivity contribution >= 4 is 28.6 Å². The zero-order chi connectivity index (χ0) is 26.6. The van der Waals surface area contributed by atoms with Gasteiger partial charge in [0.2, 0.25) is 0 Å². The van der Waals surface area contributed by atoms with Gasteiger partial charge in [0.15, 0.2) is 11.5 Å². The largest absolute Gasteiger partial charge is 0.573 e. The molecule has 0 spiro atoms. The molecule has 0 bridgehead atoms. The maximum atomic E-state index is 12.8. The number of thioether (sulfide) groups is 1. The molecule has 1 aliphatic heterocycles. The van der Waals surface area contributed by atoms with Crippen LogP contribution in [0.4, 0.5) is 18.0 Å². The van der Waals surface area contributed by atoms with Gasteiger partial charge in [-0.15, -0.1) is 13.2 Å². The number of hydrazone groups is 1. The Kier molecular flexibility index (Phi) is 8.31. The van der Waals surface area contributed by atoms with Gasteiger partial charge in [-0.3, -0.25) is 9.59 Å². The van der Waals surface area contributed by atoms with Gasteiger partial charge in [0.05, 0.1) is 24.6 Å². The molecule has 7 nitrogen and oxygen atoms in total. The van der Waals surface area contributed by atoms with E-state index in [1.807, 2.05) is 6.92 Å². The second-order valence-electron chi connectivity index (χ2n) is 8.89. The summed E-state index contributed by atoms with van der Waals surface area (Å²) in [6.07, 6.45) is 0.00590.